The molecule has 0 bridgehead atoms. The third-order valence-corrected chi connectivity index (χ3v) is 3.91. The standard InChI is InChI=1S/C13H14O4S/c14-11(15)13(7-3-8-17-12(13)16)6-1-4-10-5-2-9-18-10/h1-2,4-5,9H,3,6-8H2,(H,14,15)/b4-1+/t13-/m0/s1. The molecule has 1 aliphatic rings. The van der Waals surface area contributed by atoms with E-state index in [4.69, 9.17) is 4.74 Å². The van der Waals surface area contributed by atoms with E-state index in [2.05, 4.69) is 0 Å². The van der Waals surface area contributed by atoms with Crippen molar-refractivity contribution in [2.75, 3.05) is 6.61 Å². The first-order chi connectivity index (χ1) is 8.65. The summed E-state index contributed by atoms with van der Waals surface area (Å²) in [6, 6.07) is 3.86. The molecule has 0 spiro atoms. The van der Waals surface area contributed by atoms with Gasteiger partial charge in [-0.1, -0.05) is 12.1 Å². The van der Waals surface area contributed by atoms with Crippen LogP contribution in [0.3, 0.4) is 0 Å². The minimum atomic E-state index is -1.40. The number of allylic oxidation sites excluding steroid dienone is 1. The van der Waals surface area contributed by atoms with Crippen LogP contribution >= 0.6 is 11.3 Å². The average Bonchev–Trinajstić information content (AvgIpc) is 2.84. The number of esters is 1. The van der Waals surface area contributed by atoms with Crippen molar-refractivity contribution >= 4 is 29.4 Å². The van der Waals surface area contributed by atoms with Crippen molar-refractivity contribution in [3.05, 3.63) is 28.5 Å². The third kappa shape index (κ3) is 2.46. The molecule has 1 fully saturated rings. The van der Waals surface area contributed by atoms with E-state index in [1.54, 1.807) is 17.4 Å². The first-order valence-corrected chi connectivity index (χ1v) is 6.64. The van der Waals surface area contributed by atoms with Crippen LogP contribution in [-0.2, 0) is 14.3 Å². The highest BCUT2D eigenvalue weighted by molar-refractivity contribution is 7.10. The lowest BCUT2D eigenvalue weighted by Gasteiger charge is -2.29. The molecule has 4 nitrogen and oxygen atoms in total. The summed E-state index contributed by atoms with van der Waals surface area (Å²) >= 11 is 1.57. The van der Waals surface area contributed by atoms with Crippen LogP contribution in [0, 0.1) is 5.41 Å². The molecule has 5 heteroatoms. The third-order valence-electron chi connectivity index (χ3n) is 3.07. The molecule has 96 valence electrons. The van der Waals surface area contributed by atoms with E-state index in [1.807, 2.05) is 23.6 Å². The maximum atomic E-state index is 11.7. The Morgan fingerprint density at radius 3 is 3.06 bits per heavy atom. The fraction of sp³-hybridized carbons (Fsp3) is 0.385. The SMILES string of the molecule is O=C(O)[C@]1(C/C=C/c2cccs2)CCCOC1=O. The minimum Gasteiger partial charge on any atom is -0.480 e. The second-order valence-corrected chi connectivity index (χ2v) is 5.23. The maximum Gasteiger partial charge on any atom is 0.323 e. The molecule has 2 heterocycles. The van der Waals surface area contributed by atoms with Gasteiger partial charge in [-0.25, -0.2) is 0 Å². The predicted molar refractivity (Wildman–Crippen MR) is 68.2 cm³/mol. The molecule has 1 N–H and O–H groups in total. The van der Waals surface area contributed by atoms with E-state index in [0.717, 1.165) is 4.88 Å². The lowest BCUT2D eigenvalue weighted by molar-refractivity contribution is -0.174. The molecule has 0 saturated carbocycles. The summed E-state index contributed by atoms with van der Waals surface area (Å²) in [5.41, 5.74) is -1.40. The topological polar surface area (TPSA) is 63.6 Å². The largest absolute Gasteiger partial charge is 0.480 e. The van der Waals surface area contributed by atoms with Gasteiger partial charge in [0.2, 0.25) is 0 Å². The zero-order chi connectivity index (χ0) is 13.0. The van der Waals surface area contributed by atoms with Crippen molar-refractivity contribution in [1.82, 2.24) is 0 Å². The number of rotatable bonds is 4. The monoisotopic (exact) mass is 266 g/mol. The molecule has 0 radical (unpaired) electrons. The Morgan fingerprint density at radius 1 is 1.61 bits per heavy atom. The Bertz CT molecular complexity index is 463. The summed E-state index contributed by atoms with van der Waals surface area (Å²) in [5.74, 6) is -1.71. The van der Waals surface area contributed by atoms with Crippen molar-refractivity contribution in [1.29, 1.82) is 0 Å². The Balaban J connectivity index is 2.11. The van der Waals surface area contributed by atoms with Gasteiger partial charge in [-0.3, -0.25) is 9.59 Å². The summed E-state index contributed by atoms with van der Waals surface area (Å²) in [5, 5.41) is 11.2. The molecule has 0 aliphatic carbocycles. The smallest absolute Gasteiger partial charge is 0.323 e. The highest BCUT2D eigenvalue weighted by Gasteiger charge is 2.48. The maximum absolute atomic E-state index is 11.7. The summed E-state index contributed by atoms with van der Waals surface area (Å²) in [6.07, 6.45) is 4.71. The number of carbonyl (C=O) groups is 2. The number of carbonyl (C=O) groups excluding carboxylic acids is 1. The van der Waals surface area contributed by atoms with E-state index in [9.17, 15) is 14.7 Å². The Morgan fingerprint density at radius 2 is 2.44 bits per heavy atom. The number of hydrogen-bond acceptors (Lipinski definition) is 4. The number of ether oxygens (including phenoxy) is 1. The van der Waals surface area contributed by atoms with Gasteiger partial charge in [0, 0.05) is 4.88 Å². The highest BCUT2D eigenvalue weighted by Crippen LogP contribution is 2.34. The Labute approximate surface area is 109 Å². The van der Waals surface area contributed by atoms with E-state index < -0.39 is 17.4 Å². The predicted octanol–water partition coefficient (Wildman–Crippen LogP) is 2.56. The van der Waals surface area contributed by atoms with Crippen molar-refractivity contribution < 1.29 is 19.4 Å². The molecule has 1 atom stereocenters. The Hall–Kier alpha value is -1.62. The first-order valence-electron chi connectivity index (χ1n) is 5.76. The second-order valence-electron chi connectivity index (χ2n) is 4.25. The minimum absolute atomic E-state index is 0.180. The molecule has 0 aromatic carbocycles. The van der Waals surface area contributed by atoms with Crippen LogP contribution in [-0.4, -0.2) is 23.7 Å². The molecule has 2 rings (SSSR count). The van der Waals surface area contributed by atoms with Crippen molar-refractivity contribution in [2.24, 2.45) is 5.41 Å². The quantitative estimate of drug-likeness (QED) is 0.672. The van der Waals surface area contributed by atoms with Crippen molar-refractivity contribution in [3.8, 4) is 0 Å². The van der Waals surface area contributed by atoms with Crippen LogP contribution in [0.4, 0.5) is 0 Å². The summed E-state index contributed by atoms with van der Waals surface area (Å²) < 4.78 is 4.89. The number of thiophene rings is 1. The first kappa shape index (κ1) is 12.8. The Kier molecular flexibility index (Phi) is 3.81. The molecule has 1 aromatic heterocycles. The fourth-order valence-corrected chi connectivity index (χ4v) is 2.65. The van der Waals surface area contributed by atoms with E-state index in [1.165, 1.54) is 0 Å². The van der Waals surface area contributed by atoms with E-state index >= 15 is 0 Å². The van der Waals surface area contributed by atoms with Gasteiger partial charge < -0.3 is 9.84 Å². The van der Waals surface area contributed by atoms with Gasteiger partial charge in [0.25, 0.3) is 0 Å². The van der Waals surface area contributed by atoms with Gasteiger partial charge in [-0.2, -0.15) is 0 Å². The molecule has 18 heavy (non-hydrogen) atoms. The highest BCUT2D eigenvalue weighted by atomic mass is 32.1. The average molecular weight is 266 g/mol. The van der Waals surface area contributed by atoms with Crippen LogP contribution < -0.4 is 0 Å². The fourth-order valence-electron chi connectivity index (χ4n) is 2.01. The van der Waals surface area contributed by atoms with Gasteiger partial charge in [-0.05, 0) is 36.8 Å². The number of carboxylic acids is 1. The zero-order valence-electron chi connectivity index (χ0n) is 9.80. The molecule has 1 saturated heterocycles. The number of aliphatic carboxylic acids is 1. The van der Waals surface area contributed by atoms with Gasteiger partial charge in [0.05, 0.1) is 6.61 Å². The van der Waals surface area contributed by atoms with Crippen molar-refractivity contribution in [2.45, 2.75) is 19.3 Å². The summed E-state index contributed by atoms with van der Waals surface area (Å²) in [7, 11) is 0. The van der Waals surface area contributed by atoms with Crippen molar-refractivity contribution in [3.63, 3.8) is 0 Å². The molecular formula is C13H14O4S. The molecule has 0 unspecified atom stereocenters. The molecular weight excluding hydrogens is 252 g/mol. The summed E-state index contributed by atoms with van der Waals surface area (Å²) in [6.45, 7) is 0.322. The van der Waals surface area contributed by atoms with E-state index in [-0.39, 0.29) is 6.42 Å². The van der Waals surface area contributed by atoms with Crippen LogP contribution in [0.5, 0.6) is 0 Å². The number of carboxylic acid groups (broad SMARTS) is 1. The van der Waals surface area contributed by atoms with Crippen LogP contribution in [0.2, 0.25) is 0 Å². The molecule has 0 amide bonds. The second kappa shape index (κ2) is 5.35. The van der Waals surface area contributed by atoms with Crippen LogP contribution in [0.1, 0.15) is 24.1 Å². The van der Waals surface area contributed by atoms with Gasteiger partial charge in [0.1, 0.15) is 0 Å². The summed E-state index contributed by atoms with van der Waals surface area (Å²) in [4.78, 5) is 24.1. The molecule has 1 aliphatic heterocycles. The van der Waals surface area contributed by atoms with Crippen LogP contribution in [0.25, 0.3) is 6.08 Å². The van der Waals surface area contributed by atoms with E-state index in [0.29, 0.717) is 19.4 Å². The number of hydrogen-bond donors (Lipinski definition) is 1. The lowest BCUT2D eigenvalue weighted by atomic mass is 9.78. The molecule has 1 aromatic rings. The van der Waals surface area contributed by atoms with Gasteiger partial charge in [0.15, 0.2) is 5.41 Å². The lowest BCUT2D eigenvalue weighted by Crippen LogP contribution is -2.43. The zero-order valence-corrected chi connectivity index (χ0v) is 10.6. The van der Waals surface area contributed by atoms with Gasteiger partial charge >= 0.3 is 11.9 Å². The normalized spacial score (nSPS) is 24.1. The van der Waals surface area contributed by atoms with Crippen LogP contribution in [0.15, 0.2) is 23.6 Å². The number of cyclic esters (lactones) is 1. The van der Waals surface area contributed by atoms with Gasteiger partial charge in [-0.15, -0.1) is 11.3 Å².